The summed E-state index contributed by atoms with van der Waals surface area (Å²) in [7, 11) is 0. The molecule has 17 heavy (non-hydrogen) atoms. The van der Waals surface area contributed by atoms with E-state index in [1.807, 2.05) is 26.0 Å². The van der Waals surface area contributed by atoms with Gasteiger partial charge in [-0.25, -0.2) is 9.97 Å². The van der Waals surface area contributed by atoms with Crippen molar-refractivity contribution in [2.24, 2.45) is 5.73 Å². The fraction of sp³-hybridized carbons (Fsp3) is 0.333. The van der Waals surface area contributed by atoms with Crippen LogP contribution < -0.4 is 5.73 Å². The van der Waals surface area contributed by atoms with E-state index in [9.17, 15) is 0 Å². The predicted molar refractivity (Wildman–Crippen MR) is 73.3 cm³/mol. The Morgan fingerprint density at radius 1 is 1.41 bits per heavy atom. The fourth-order valence-corrected chi connectivity index (χ4v) is 3.56. The summed E-state index contributed by atoms with van der Waals surface area (Å²) in [6.07, 6.45) is 1.79. The van der Waals surface area contributed by atoms with Gasteiger partial charge < -0.3 is 5.73 Å². The van der Waals surface area contributed by atoms with E-state index in [4.69, 9.17) is 5.73 Å². The van der Waals surface area contributed by atoms with Crippen LogP contribution in [0.4, 0.5) is 0 Å². The van der Waals surface area contributed by atoms with Crippen molar-refractivity contribution in [3.05, 3.63) is 40.3 Å². The second-order valence-electron chi connectivity index (χ2n) is 3.89. The first-order valence-electron chi connectivity index (χ1n) is 5.42. The molecule has 0 aromatic carbocycles. The Hall–Kier alpha value is -0.910. The number of aromatic nitrogens is 2. The molecule has 0 aliphatic rings. The van der Waals surface area contributed by atoms with E-state index < -0.39 is 0 Å². The van der Waals surface area contributed by atoms with Crippen LogP contribution in [0.25, 0.3) is 0 Å². The molecule has 0 fully saturated rings. The standard InChI is InChI=1S/C12H15N3S2/c1-8-5-6-14-12(15-8)17-11(9(2)13)10-4-3-7-16-10/h3-7,9,11H,13H2,1-2H3. The summed E-state index contributed by atoms with van der Waals surface area (Å²) in [6.45, 7) is 3.99. The molecule has 5 heteroatoms. The monoisotopic (exact) mass is 265 g/mol. The molecule has 0 saturated heterocycles. The topological polar surface area (TPSA) is 51.8 Å². The van der Waals surface area contributed by atoms with Gasteiger partial charge in [0.15, 0.2) is 5.16 Å². The van der Waals surface area contributed by atoms with Gasteiger partial charge in [-0.05, 0) is 31.4 Å². The van der Waals surface area contributed by atoms with Gasteiger partial charge in [0, 0.05) is 22.8 Å². The molecule has 2 atom stereocenters. The maximum Gasteiger partial charge on any atom is 0.188 e. The van der Waals surface area contributed by atoms with E-state index >= 15 is 0 Å². The first-order valence-corrected chi connectivity index (χ1v) is 7.18. The van der Waals surface area contributed by atoms with Crippen molar-refractivity contribution in [1.82, 2.24) is 9.97 Å². The highest BCUT2D eigenvalue weighted by molar-refractivity contribution is 7.99. The number of thioether (sulfide) groups is 1. The number of hydrogen-bond donors (Lipinski definition) is 1. The zero-order valence-corrected chi connectivity index (χ0v) is 11.5. The second kappa shape index (κ2) is 5.62. The number of rotatable bonds is 4. The lowest BCUT2D eigenvalue weighted by Crippen LogP contribution is -2.22. The molecule has 0 aliphatic carbocycles. The smallest absolute Gasteiger partial charge is 0.188 e. The lowest BCUT2D eigenvalue weighted by atomic mass is 10.2. The number of aryl methyl sites for hydroxylation is 1. The molecular weight excluding hydrogens is 250 g/mol. The largest absolute Gasteiger partial charge is 0.327 e. The lowest BCUT2D eigenvalue weighted by Gasteiger charge is -2.17. The molecule has 0 spiro atoms. The van der Waals surface area contributed by atoms with Crippen LogP contribution in [0.15, 0.2) is 34.9 Å². The van der Waals surface area contributed by atoms with E-state index in [0.29, 0.717) is 0 Å². The Morgan fingerprint density at radius 3 is 2.82 bits per heavy atom. The van der Waals surface area contributed by atoms with E-state index in [-0.39, 0.29) is 11.3 Å². The molecule has 2 heterocycles. The minimum atomic E-state index is 0.0720. The van der Waals surface area contributed by atoms with Gasteiger partial charge in [0.2, 0.25) is 0 Å². The zero-order chi connectivity index (χ0) is 12.3. The van der Waals surface area contributed by atoms with Crippen LogP contribution in [-0.4, -0.2) is 16.0 Å². The fourth-order valence-electron chi connectivity index (χ4n) is 1.47. The molecule has 2 rings (SSSR count). The molecule has 2 aromatic heterocycles. The highest BCUT2D eigenvalue weighted by Gasteiger charge is 2.20. The van der Waals surface area contributed by atoms with Gasteiger partial charge in [-0.15, -0.1) is 11.3 Å². The van der Waals surface area contributed by atoms with Crippen molar-refractivity contribution >= 4 is 23.1 Å². The summed E-state index contributed by atoms with van der Waals surface area (Å²) in [5.41, 5.74) is 7.03. The third-order valence-corrected chi connectivity index (χ3v) is 4.76. The summed E-state index contributed by atoms with van der Waals surface area (Å²) >= 11 is 3.36. The molecule has 0 bridgehead atoms. The Kier molecular flexibility index (Phi) is 4.15. The van der Waals surface area contributed by atoms with Crippen LogP contribution >= 0.6 is 23.1 Å². The maximum absolute atomic E-state index is 6.04. The Balaban J connectivity index is 2.19. The second-order valence-corrected chi connectivity index (χ2v) is 5.98. The molecule has 0 radical (unpaired) electrons. The highest BCUT2D eigenvalue weighted by atomic mass is 32.2. The van der Waals surface area contributed by atoms with E-state index in [2.05, 4.69) is 21.4 Å². The Morgan fingerprint density at radius 2 is 2.24 bits per heavy atom. The first-order chi connectivity index (χ1) is 8.16. The highest BCUT2D eigenvalue weighted by Crippen LogP contribution is 2.37. The average molecular weight is 265 g/mol. The minimum absolute atomic E-state index is 0.0720. The lowest BCUT2D eigenvalue weighted by molar-refractivity contribution is 0.726. The van der Waals surface area contributed by atoms with Crippen LogP contribution in [0.5, 0.6) is 0 Å². The van der Waals surface area contributed by atoms with Crippen molar-refractivity contribution in [3.8, 4) is 0 Å². The van der Waals surface area contributed by atoms with Crippen LogP contribution in [0, 0.1) is 6.92 Å². The van der Waals surface area contributed by atoms with Crippen LogP contribution in [0.1, 0.15) is 22.7 Å². The normalized spacial score (nSPS) is 14.5. The molecule has 0 saturated carbocycles. The molecule has 0 amide bonds. The number of hydrogen-bond acceptors (Lipinski definition) is 5. The third-order valence-electron chi connectivity index (χ3n) is 2.31. The zero-order valence-electron chi connectivity index (χ0n) is 9.83. The SMILES string of the molecule is Cc1ccnc(SC(c2cccs2)C(C)N)n1. The number of nitrogens with zero attached hydrogens (tertiary/aromatic N) is 2. The quantitative estimate of drug-likeness (QED) is 0.682. The van der Waals surface area contributed by atoms with E-state index in [0.717, 1.165) is 10.9 Å². The Bertz CT molecular complexity index is 468. The predicted octanol–water partition coefficient (Wildman–Crippen LogP) is 3.03. The first kappa shape index (κ1) is 12.5. The van der Waals surface area contributed by atoms with Crippen LogP contribution in [0.3, 0.4) is 0 Å². The van der Waals surface area contributed by atoms with Crippen molar-refractivity contribution in [3.63, 3.8) is 0 Å². The molecule has 90 valence electrons. The summed E-state index contributed by atoms with van der Waals surface area (Å²) in [6, 6.07) is 6.13. The van der Waals surface area contributed by atoms with Gasteiger partial charge in [0.05, 0.1) is 5.25 Å². The molecule has 2 unspecified atom stereocenters. The molecule has 0 aliphatic heterocycles. The maximum atomic E-state index is 6.04. The van der Waals surface area contributed by atoms with Crippen molar-refractivity contribution in [2.45, 2.75) is 30.3 Å². The van der Waals surface area contributed by atoms with Gasteiger partial charge in [-0.2, -0.15) is 0 Å². The third kappa shape index (κ3) is 3.28. The molecule has 2 aromatic rings. The number of thiophene rings is 1. The van der Waals surface area contributed by atoms with Gasteiger partial charge >= 0.3 is 0 Å². The minimum Gasteiger partial charge on any atom is -0.327 e. The Labute approximate surface area is 109 Å². The van der Waals surface area contributed by atoms with Gasteiger partial charge in [0.25, 0.3) is 0 Å². The summed E-state index contributed by atoms with van der Waals surface area (Å²) in [5, 5.41) is 3.08. The molecule has 3 nitrogen and oxygen atoms in total. The summed E-state index contributed by atoms with van der Waals surface area (Å²) in [4.78, 5) is 9.95. The van der Waals surface area contributed by atoms with E-state index in [1.54, 1.807) is 29.3 Å². The van der Waals surface area contributed by atoms with Gasteiger partial charge in [0.1, 0.15) is 0 Å². The summed E-state index contributed by atoms with van der Waals surface area (Å²) in [5.74, 6) is 0. The number of nitrogens with two attached hydrogens (primary N) is 1. The summed E-state index contributed by atoms with van der Waals surface area (Å²) < 4.78 is 0. The van der Waals surface area contributed by atoms with Crippen molar-refractivity contribution < 1.29 is 0 Å². The molecule has 2 N–H and O–H groups in total. The van der Waals surface area contributed by atoms with Crippen molar-refractivity contribution in [1.29, 1.82) is 0 Å². The van der Waals surface area contributed by atoms with Crippen LogP contribution in [0.2, 0.25) is 0 Å². The van der Waals surface area contributed by atoms with Crippen molar-refractivity contribution in [2.75, 3.05) is 0 Å². The molecular formula is C12H15N3S2. The van der Waals surface area contributed by atoms with Crippen LogP contribution in [-0.2, 0) is 0 Å². The van der Waals surface area contributed by atoms with E-state index in [1.165, 1.54) is 4.88 Å². The van der Waals surface area contributed by atoms with Gasteiger partial charge in [-0.3, -0.25) is 0 Å². The average Bonchev–Trinajstić information content (AvgIpc) is 2.78. The van der Waals surface area contributed by atoms with Gasteiger partial charge in [-0.1, -0.05) is 17.8 Å².